The molecule has 12 heteroatoms. The summed E-state index contributed by atoms with van der Waals surface area (Å²) >= 11 is 0. The van der Waals surface area contributed by atoms with Crippen LogP contribution in [0.4, 0.5) is 4.79 Å². The molecule has 3 amide bonds. The number of halogens is 1. The van der Waals surface area contributed by atoms with Crippen molar-refractivity contribution < 1.29 is 32.9 Å². The van der Waals surface area contributed by atoms with Crippen LogP contribution in [0.2, 0.25) is 0 Å². The van der Waals surface area contributed by atoms with Crippen LogP contribution in [0.1, 0.15) is 57.8 Å². The van der Waals surface area contributed by atoms with Crippen LogP contribution < -0.4 is 5.32 Å². The van der Waals surface area contributed by atoms with Crippen LogP contribution in [0.3, 0.4) is 0 Å². The highest BCUT2D eigenvalue weighted by Crippen LogP contribution is 2.38. The molecule has 0 saturated carbocycles. The van der Waals surface area contributed by atoms with Gasteiger partial charge in [-0.1, -0.05) is 85.5 Å². The maximum atomic E-state index is 14.0. The summed E-state index contributed by atoms with van der Waals surface area (Å²) in [6.07, 6.45) is 4.70. The Hall–Kier alpha value is -4.22. The summed E-state index contributed by atoms with van der Waals surface area (Å²) in [5, 5.41) is 1.14. The molecule has 10 nitrogen and oxygen atoms in total. The van der Waals surface area contributed by atoms with Crippen molar-refractivity contribution in [3.63, 3.8) is 0 Å². The van der Waals surface area contributed by atoms with E-state index in [0.717, 1.165) is 4.90 Å². The van der Waals surface area contributed by atoms with Gasteiger partial charge >= 0.3 is 12.1 Å². The second-order valence-corrected chi connectivity index (χ2v) is 13.8. The number of alkyl carbamates (subject to hydrolysis) is 1. The van der Waals surface area contributed by atoms with Crippen molar-refractivity contribution in [2.75, 3.05) is 6.54 Å². The lowest BCUT2D eigenvalue weighted by Gasteiger charge is -2.52. The molecule has 244 valence electrons. The summed E-state index contributed by atoms with van der Waals surface area (Å²) in [5.74, 6) is -2.10. The quantitative estimate of drug-likeness (QED) is 0.150. The van der Waals surface area contributed by atoms with Gasteiger partial charge in [-0.3, -0.25) is 14.5 Å². The molecule has 0 radical (unpaired) electrons. The van der Waals surface area contributed by atoms with Crippen LogP contribution in [0, 0.1) is 0 Å². The average Bonchev–Trinajstić information content (AvgIpc) is 3.01. The summed E-state index contributed by atoms with van der Waals surface area (Å²) in [5.41, 5.74) is 1.36. The lowest BCUT2D eigenvalue weighted by atomic mass is 9.96. The van der Waals surface area contributed by atoms with E-state index in [1.165, 1.54) is 4.90 Å². The van der Waals surface area contributed by atoms with Gasteiger partial charge < -0.3 is 19.7 Å². The molecule has 0 bridgehead atoms. The number of hydrogen-bond acceptors (Lipinski definition) is 7. The number of likely N-dealkylation sites (tertiary alicyclic amines) is 1. The van der Waals surface area contributed by atoms with Crippen LogP contribution in [0.15, 0.2) is 96.7 Å². The van der Waals surface area contributed by atoms with Crippen LogP contribution in [-0.2, 0) is 33.9 Å². The molecule has 1 heterocycles. The van der Waals surface area contributed by atoms with Gasteiger partial charge in [0.2, 0.25) is 5.91 Å². The summed E-state index contributed by atoms with van der Waals surface area (Å²) in [6, 6.07) is 15.6. The smallest absolute Gasteiger partial charge is 0.408 e. The van der Waals surface area contributed by atoms with E-state index < -0.39 is 69.6 Å². The first-order chi connectivity index (χ1) is 21.8. The molecular formula is C34H38ClN3O7S. The molecule has 0 aromatic heterocycles. The zero-order valence-electron chi connectivity index (χ0n) is 26.2. The topological polar surface area (TPSA) is 122 Å². The first kappa shape index (κ1) is 34.6. The van der Waals surface area contributed by atoms with Crippen LogP contribution in [-0.4, -0.2) is 67.5 Å². The van der Waals surface area contributed by atoms with E-state index in [4.69, 9.17) is 20.2 Å². The van der Waals surface area contributed by atoms with Gasteiger partial charge in [-0.25, -0.2) is 13.8 Å². The highest BCUT2D eigenvalue weighted by molar-refractivity contribution is 8.08. The fraction of sp³-hybridized carbons (Fsp3) is 0.353. The van der Waals surface area contributed by atoms with E-state index in [1.807, 2.05) is 72.8 Å². The lowest BCUT2D eigenvalue weighted by Crippen LogP contribution is -2.75. The van der Waals surface area contributed by atoms with Crippen molar-refractivity contribution in [1.82, 2.24) is 15.1 Å². The Balaban J connectivity index is 1.63. The number of β-lactam (4-membered cyclic amide) rings is 1. The van der Waals surface area contributed by atoms with Crippen molar-refractivity contribution in [2.24, 2.45) is 0 Å². The SMILES string of the molecule is C=C(C)C(C(=O)OC(c1ccccc1)c1ccccc1)N1C(=O)C(N(C(=O)CNC(=O)OC(C)(C)C)C2=CCC=CC2)C1S(=O)Cl. The number of hydrogen-bond donors (Lipinski definition) is 1. The summed E-state index contributed by atoms with van der Waals surface area (Å²) in [4.78, 5) is 56.1. The maximum Gasteiger partial charge on any atom is 0.408 e. The molecule has 4 unspecified atom stereocenters. The monoisotopic (exact) mass is 667 g/mol. The Labute approximate surface area is 276 Å². The van der Waals surface area contributed by atoms with E-state index in [0.29, 0.717) is 29.7 Å². The summed E-state index contributed by atoms with van der Waals surface area (Å²) in [6.45, 7) is 10.1. The van der Waals surface area contributed by atoms with Gasteiger partial charge in [0.15, 0.2) is 17.5 Å². The third-order valence-corrected chi connectivity index (χ3v) is 8.68. The van der Waals surface area contributed by atoms with Crippen molar-refractivity contribution in [3.8, 4) is 0 Å². The first-order valence-corrected chi connectivity index (χ1v) is 16.8. The molecule has 46 heavy (non-hydrogen) atoms. The highest BCUT2D eigenvalue weighted by atomic mass is 35.7. The number of rotatable bonds is 11. The number of carbonyl (C=O) groups excluding carboxylic acids is 4. The molecule has 2 aromatic rings. The molecule has 1 aliphatic heterocycles. The highest BCUT2D eigenvalue weighted by Gasteiger charge is 2.59. The van der Waals surface area contributed by atoms with Crippen LogP contribution in [0.5, 0.6) is 0 Å². The predicted octanol–water partition coefficient (Wildman–Crippen LogP) is 5.29. The minimum atomic E-state index is -2.23. The Bertz CT molecular complexity index is 1520. The molecule has 0 spiro atoms. The second kappa shape index (κ2) is 14.9. The molecule has 1 aliphatic carbocycles. The Morgan fingerprint density at radius 1 is 1.07 bits per heavy atom. The number of allylic oxidation sites excluding steroid dienone is 3. The van der Waals surface area contributed by atoms with Crippen molar-refractivity contribution in [3.05, 3.63) is 108 Å². The maximum absolute atomic E-state index is 14.0. The number of amides is 3. The Morgan fingerprint density at radius 2 is 1.65 bits per heavy atom. The molecule has 1 N–H and O–H groups in total. The third-order valence-electron chi connectivity index (χ3n) is 7.27. The summed E-state index contributed by atoms with van der Waals surface area (Å²) in [7, 11) is 3.98. The second-order valence-electron chi connectivity index (χ2n) is 11.9. The van der Waals surface area contributed by atoms with Crippen molar-refractivity contribution in [1.29, 1.82) is 0 Å². The summed E-state index contributed by atoms with van der Waals surface area (Å²) < 4.78 is 24.4. The standard InChI is InChI=1S/C34H38ClN3O7S/c1-22(2)27(32(41)44-29(23-15-9-6-10-16-23)24-17-11-7-12-18-24)38-30(40)28(31(38)46(35)43)37(25-19-13-8-14-20-25)26(39)21-36-33(42)45-34(3,4)5/h6-13,15-18,20,27-29,31H,1,14,19,21H2,2-5H3,(H,36,42). The van der Waals surface area contributed by atoms with Crippen LogP contribution in [0.25, 0.3) is 0 Å². The van der Waals surface area contributed by atoms with Crippen LogP contribution >= 0.6 is 10.7 Å². The van der Waals surface area contributed by atoms with Gasteiger partial charge in [0, 0.05) is 12.1 Å². The van der Waals surface area contributed by atoms with Gasteiger partial charge in [0.05, 0.1) is 0 Å². The van der Waals surface area contributed by atoms with E-state index in [2.05, 4.69) is 11.9 Å². The number of nitrogens with zero attached hydrogens (tertiary/aromatic N) is 2. The normalized spacial score (nSPS) is 19.0. The molecule has 2 aliphatic rings. The number of ether oxygens (including phenoxy) is 2. The van der Waals surface area contributed by atoms with Gasteiger partial charge in [-0.2, -0.15) is 0 Å². The number of esters is 1. The molecule has 1 saturated heterocycles. The van der Waals surface area contributed by atoms with Gasteiger partial charge in [-0.05, 0) is 61.5 Å². The zero-order chi connectivity index (χ0) is 33.6. The number of carbonyl (C=O) groups is 4. The van der Waals surface area contributed by atoms with Gasteiger partial charge in [-0.15, -0.1) is 0 Å². The fourth-order valence-electron chi connectivity index (χ4n) is 5.32. The van der Waals surface area contributed by atoms with Gasteiger partial charge in [0.1, 0.15) is 28.2 Å². The van der Waals surface area contributed by atoms with Crippen molar-refractivity contribution >= 4 is 44.6 Å². The lowest BCUT2D eigenvalue weighted by molar-refractivity contribution is -0.170. The van der Waals surface area contributed by atoms with Crippen molar-refractivity contribution in [2.45, 2.75) is 69.7 Å². The Morgan fingerprint density at radius 3 is 2.13 bits per heavy atom. The molecule has 1 fully saturated rings. The zero-order valence-corrected chi connectivity index (χ0v) is 27.8. The molecule has 2 aromatic carbocycles. The fourth-order valence-corrected chi connectivity index (χ4v) is 6.71. The molecule has 4 rings (SSSR count). The third kappa shape index (κ3) is 8.13. The largest absolute Gasteiger partial charge is 0.451 e. The van der Waals surface area contributed by atoms with E-state index in [1.54, 1.807) is 33.8 Å². The minimum absolute atomic E-state index is 0.257. The Kier molecular flexibility index (Phi) is 11.2. The molecular weight excluding hydrogens is 630 g/mol. The van der Waals surface area contributed by atoms with E-state index in [-0.39, 0.29) is 5.57 Å². The number of nitrogens with one attached hydrogen (secondary N) is 1. The number of benzene rings is 2. The van der Waals surface area contributed by atoms with E-state index >= 15 is 0 Å². The average molecular weight is 668 g/mol. The molecule has 4 atom stereocenters. The predicted molar refractivity (Wildman–Crippen MR) is 175 cm³/mol. The van der Waals surface area contributed by atoms with Gasteiger partial charge in [0.25, 0.3) is 5.91 Å². The minimum Gasteiger partial charge on any atom is -0.451 e. The van der Waals surface area contributed by atoms with E-state index in [9.17, 15) is 23.4 Å². The first-order valence-electron chi connectivity index (χ1n) is 14.8.